The third-order valence-corrected chi connectivity index (χ3v) is 3.58. The number of hydrogen-bond donors (Lipinski definition) is 3. The fourth-order valence-corrected chi connectivity index (χ4v) is 2.26. The molecule has 1 aliphatic heterocycles. The van der Waals surface area contributed by atoms with Crippen molar-refractivity contribution in [3.05, 3.63) is 35.9 Å². The second-order valence-corrected chi connectivity index (χ2v) is 5.30. The molecule has 4 N–H and O–H groups in total. The summed E-state index contributed by atoms with van der Waals surface area (Å²) in [6.07, 6.45) is -0.383. The van der Waals surface area contributed by atoms with Gasteiger partial charge in [0.2, 0.25) is 0 Å². The van der Waals surface area contributed by atoms with Crippen molar-refractivity contribution in [1.29, 1.82) is 0 Å². The van der Waals surface area contributed by atoms with Crippen LogP contribution in [0.25, 0.3) is 0 Å². The smallest absolute Gasteiger partial charge is 0.407 e. The predicted octanol–water partition coefficient (Wildman–Crippen LogP) is 1.13. The lowest BCUT2D eigenvalue weighted by Gasteiger charge is -2.34. The van der Waals surface area contributed by atoms with Crippen LogP contribution in [0.15, 0.2) is 30.3 Å². The molecule has 0 aromatic heterocycles. The van der Waals surface area contributed by atoms with Gasteiger partial charge >= 0.3 is 6.09 Å². The van der Waals surface area contributed by atoms with Crippen molar-refractivity contribution in [2.75, 3.05) is 0 Å². The van der Waals surface area contributed by atoms with E-state index >= 15 is 0 Å². The maximum atomic E-state index is 11.7. The van der Waals surface area contributed by atoms with Crippen LogP contribution in [0, 0.1) is 0 Å². The molecule has 1 fully saturated rings. The van der Waals surface area contributed by atoms with Gasteiger partial charge in [-0.3, -0.25) is 0 Å². The molecule has 1 aliphatic rings. The summed E-state index contributed by atoms with van der Waals surface area (Å²) in [4.78, 5) is 11.7. The number of ether oxygens (including phenoxy) is 2. The molecule has 0 saturated carbocycles. The number of aliphatic hydroxyl groups excluding tert-OH is 1. The van der Waals surface area contributed by atoms with Crippen molar-refractivity contribution in [2.45, 2.75) is 50.8 Å². The Morgan fingerprint density at radius 1 is 1.48 bits per heavy atom. The first kappa shape index (κ1) is 15.8. The molecule has 1 amide bonds. The summed E-state index contributed by atoms with van der Waals surface area (Å²) in [5.41, 5.74) is 6.59. The molecular weight excluding hydrogens is 272 g/mol. The van der Waals surface area contributed by atoms with E-state index in [1.807, 2.05) is 37.3 Å². The minimum atomic E-state index is -0.978. The zero-order valence-corrected chi connectivity index (χ0v) is 12.1. The molecule has 6 nitrogen and oxygen atoms in total. The minimum Gasteiger partial charge on any atom is -0.445 e. The molecule has 2 unspecified atom stereocenters. The van der Waals surface area contributed by atoms with E-state index in [4.69, 9.17) is 15.2 Å². The lowest BCUT2D eigenvalue weighted by Crippen LogP contribution is -2.51. The van der Waals surface area contributed by atoms with Gasteiger partial charge in [-0.1, -0.05) is 30.3 Å². The van der Waals surface area contributed by atoms with Crippen molar-refractivity contribution in [3.8, 4) is 0 Å². The molecule has 1 saturated heterocycles. The van der Waals surface area contributed by atoms with Crippen LogP contribution in [-0.2, 0) is 16.1 Å². The highest BCUT2D eigenvalue weighted by molar-refractivity contribution is 5.67. The van der Waals surface area contributed by atoms with E-state index < -0.39 is 12.4 Å². The lowest BCUT2D eigenvalue weighted by molar-refractivity contribution is -0.178. The van der Waals surface area contributed by atoms with Gasteiger partial charge in [0.15, 0.2) is 6.29 Å². The fraction of sp³-hybridized carbons (Fsp3) is 0.533. The molecule has 0 aliphatic carbocycles. The Labute approximate surface area is 124 Å². The second kappa shape index (κ2) is 7.40. The molecule has 21 heavy (non-hydrogen) atoms. The van der Waals surface area contributed by atoms with Crippen LogP contribution in [0.5, 0.6) is 0 Å². The van der Waals surface area contributed by atoms with E-state index in [9.17, 15) is 9.90 Å². The number of nitrogens with two attached hydrogens (primary N) is 1. The SMILES string of the molecule is C[C@@H](NC(=O)OCc1ccccc1)[C@@H]1CCC(N)C(O)O1. The zero-order chi connectivity index (χ0) is 15.2. The van der Waals surface area contributed by atoms with Gasteiger partial charge in [0, 0.05) is 0 Å². The lowest BCUT2D eigenvalue weighted by atomic mass is 10.00. The molecule has 0 radical (unpaired) electrons. The number of benzene rings is 1. The Morgan fingerprint density at radius 3 is 2.86 bits per heavy atom. The van der Waals surface area contributed by atoms with Gasteiger partial charge in [-0.15, -0.1) is 0 Å². The maximum Gasteiger partial charge on any atom is 0.407 e. The van der Waals surface area contributed by atoms with Gasteiger partial charge < -0.3 is 25.6 Å². The maximum absolute atomic E-state index is 11.7. The summed E-state index contributed by atoms with van der Waals surface area (Å²) in [5.74, 6) is 0. The van der Waals surface area contributed by atoms with Gasteiger partial charge in [0.05, 0.1) is 18.2 Å². The topological polar surface area (TPSA) is 93.8 Å². The molecule has 4 atom stereocenters. The van der Waals surface area contributed by atoms with E-state index in [1.165, 1.54) is 0 Å². The Morgan fingerprint density at radius 2 is 2.19 bits per heavy atom. The van der Waals surface area contributed by atoms with Gasteiger partial charge in [-0.2, -0.15) is 0 Å². The summed E-state index contributed by atoms with van der Waals surface area (Å²) in [6, 6.07) is 8.84. The largest absolute Gasteiger partial charge is 0.445 e. The second-order valence-electron chi connectivity index (χ2n) is 5.30. The molecule has 6 heteroatoms. The third-order valence-electron chi connectivity index (χ3n) is 3.58. The summed E-state index contributed by atoms with van der Waals surface area (Å²) in [7, 11) is 0. The van der Waals surface area contributed by atoms with Crippen LogP contribution in [-0.4, -0.2) is 35.7 Å². The summed E-state index contributed by atoms with van der Waals surface area (Å²) >= 11 is 0. The molecule has 0 bridgehead atoms. The van der Waals surface area contributed by atoms with Crippen molar-refractivity contribution in [2.24, 2.45) is 5.73 Å². The van der Waals surface area contributed by atoms with E-state index in [2.05, 4.69) is 5.32 Å². The molecule has 116 valence electrons. The van der Waals surface area contributed by atoms with Crippen LogP contribution in [0.3, 0.4) is 0 Å². The first-order valence-electron chi connectivity index (χ1n) is 7.12. The van der Waals surface area contributed by atoms with Gasteiger partial charge in [0.25, 0.3) is 0 Å². The highest BCUT2D eigenvalue weighted by Gasteiger charge is 2.31. The van der Waals surface area contributed by atoms with Crippen molar-refractivity contribution >= 4 is 6.09 Å². The number of hydrogen-bond acceptors (Lipinski definition) is 5. The van der Waals surface area contributed by atoms with Crippen LogP contribution in [0.2, 0.25) is 0 Å². The normalized spacial score (nSPS) is 26.9. The van der Waals surface area contributed by atoms with Crippen molar-refractivity contribution in [1.82, 2.24) is 5.32 Å². The molecule has 2 rings (SSSR count). The number of carbonyl (C=O) groups excluding carboxylic acids is 1. The number of alkyl carbamates (subject to hydrolysis) is 1. The molecule has 1 aromatic rings. The molecule has 1 heterocycles. The molecular formula is C15H22N2O4. The summed E-state index contributed by atoms with van der Waals surface area (Å²) in [5, 5.41) is 12.3. The molecule has 1 aromatic carbocycles. The Kier molecular flexibility index (Phi) is 5.55. The quantitative estimate of drug-likeness (QED) is 0.774. The number of carbonyl (C=O) groups is 1. The highest BCUT2D eigenvalue weighted by Crippen LogP contribution is 2.19. The molecule has 0 spiro atoms. The van der Waals surface area contributed by atoms with Crippen molar-refractivity contribution in [3.63, 3.8) is 0 Å². The fourth-order valence-electron chi connectivity index (χ4n) is 2.26. The highest BCUT2D eigenvalue weighted by atomic mass is 16.6. The number of nitrogens with one attached hydrogen (secondary N) is 1. The van der Waals surface area contributed by atoms with Crippen LogP contribution in [0.1, 0.15) is 25.3 Å². The van der Waals surface area contributed by atoms with Crippen molar-refractivity contribution < 1.29 is 19.4 Å². The van der Waals surface area contributed by atoms with E-state index in [-0.39, 0.29) is 24.8 Å². The predicted molar refractivity (Wildman–Crippen MR) is 77.3 cm³/mol. The summed E-state index contributed by atoms with van der Waals surface area (Å²) < 4.78 is 10.5. The third kappa shape index (κ3) is 4.70. The first-order valence-corrected chi connectivity index (χ1v) is 7.12. The standard InChI is InChI=1S/C15H22N2O4/c1-10(13-8-7-12(16)14(18)21-13)17-15(19)20-9-11-5-3-2-4-6-11/h2-6,10,12-14,18H,7-9,16H2,1H3,(H,17,19)/t10-,12?,13+,14?/m1/s1. The Balaban J connectivity index is 1.74. The van der Waals surface area contributed by atoms with E-state index in [0.29, 0.717) is 12.8 Å². The average molecular weight is 294 g/mol. The van der Waals surface area contributed by atoms with E-state index in [1.54, 1.807) is 0 Å². The summed E-state index contributed by atoms with van der Waals surface area (Å²) in [6.45, 7) is 2.04. The monoisotopic (exact) mass is 294 g/mol. The van der Waals surface area contributed by atoms with Gasteiger partial charge in [-0.25, -0.2) is 4.79 Å². The Bertz CT molecular complexity index is 454. The number of rotatable bonds is 4. The van der Waals surface area contributed by atoms with Crippen LogP contribution >= 0.6 is 0 Å². The Hall–Kier alpha value is -1.63. The van der Waals surface area contributed by atoms with Crippen LogP contribution in [0.4, 0.5) is 4.79 Å². The van der Waals surface area contributed by atoms with Crippen LogP contribution < -0.4 is 11.1 Å². The van der Waals surface area contributed by atoms with Gasteiger partial charge in [-0.05, 0) is 25.3 Å². The zero-order valence-electron chi connectivity index (χ0n) is 12.1. The van der Waals surface area contributed by atoms with E-state index in [0.717, 1.165) is 5.56 Å². The number of amides is 1. The number of aliphatic hydroxyl groups is 1. The average Bonchev–Trinajstić information content (AvgIpc) is 2.49. The van der Waals surface area contributed by atoms with Gasteiger partial charge in [0.1, 0.15) is 6.61 Å². The minimum absolute atomic E-state index is 0.221. The first-order chi connectivity index (χ1) is 10.1.